The number of nitrogens with zero attached hydrogens (tertiary/aromatic N) is 2. The Balaban J connectivity index is 1.79. The van der Waals surface area contributed by atoms with Gasteiger partial charge < -0.3 is 14.3 Å². The number of amides is 2. The second-order valence-corrected chi connectivity index (χ2v) is 5.09. The van der Waals surface area contributed by atoms with Crippen LogP contribution in [0.4, 0.5) is 5.69 Å². The van der Waals surface area contributed by atoms with Crippen LogP contribution in [0, 0.1) is 10.1 Å². The third-order valence-electron chi connectivity index (χ3n) is 3.34. The number of benzene rings is 1. The molecule has 0 aliphatic carbocycles. The van der Waals surface area contributed by atoms with Crippen LogP contribution in [0.15, 0.2) is 18.2 Å². The highest BCUT2D eigenvalue weighted by Gasteiger charge is 2.32. The van der Waals surface area contributed by atoms with E-state index in [0.29, 0.717) is 10.8 Å². The fraction of sp³-hybridized carbons (Fsp3) is 0.400. The van der Waals surface area contributed by atoms with Gasteiger partial charge in [-0.1, -0.05) is 0 Å². The van der Waals surface area contributed by atoms with Crippen LogP contribution in [0.25, 0.3) is 0 Å². The van der Waals surface area contributed by atoms with E-state index in [-0.39, 0.29) is 43.7 Å². The molecule has 10 heteroatoms. The van der Waals surface area contributed by atoms with E-state index >= 15 is 0 Å². The lowest BCUT2D eigenvalue weighted by molar-refractivity contribution is -0.385. The number of nitro groups is 1. The Morgan fingerprint density at radius 3 is 2.52 bits per heavy atom. The molecule has 0 spiro atoms. The fourth-order valence-corrected chi connectivity index (χ4v) is 2.09. The van der Waals surface area contributed by atoms with Gasteiger partial charge in [-0.25, -0.2) is 4.79 Å². The lowest BCUT2D eigenvalue weighted by Crippen LogP contribution is -2.32. The minimum absolute atomic E-state index is 0.0369. The van der Waals surface area contributed by atoms with Gasteiger partial charge in [0, 0.05) is 18.9 Å². The van der Waals surface area contributed by atoms with Crippen molar-refractivity contribution in [1.82, 2.24) is 5.06 Å². The van der Waals surface area contributed by atoms with Crippen molar-refractivity contribution in [2.24, 2.45) is 0 Å². The van der Waals surface area contributed by atoms with E-state index < -0.39 is 22.7 Å². The van der Waals surface area contributed by atoms with E-state index in [9.17, 15) is 24.5 Å². The highest BCUT2D eigenvalue weighted by molar-refractivity contribution is 6.01. The number of methoxy groups -OCH3 is 1. The Labute approximate surface area is 142 Å². The Morgan fingerprint density at radius 1 is 1.24 bits per heavy atom. The van der Waals surface area contributed by atoms with E-state index in [1.165, 1.54) is 25.3 Å². The van der Waals surface area contributed by atoms with Gasteiger partial charge in [0.2, 0.25) is 0 Å². The smallest absolute Gasteiger partial charge is 0.333 e. The molecule has 2 amide bonds. The number of carbonyl (C=O) groups excluding carboxylic acids is 3. The van der Waals surface area contributed by atoms with Gasteiger partial charge in [-0.3, -0.25) is 19.7 Å². The maximum Gasteiger partial charge on any atom is 0.333 e. The molecule has 0 saturated carbocycles. The topological polar surface area (TPSA) is 125 Å². The molecule has 1 fully saturated rings. The summed E-state index contributed by atoms with van der Waals surface area (Å²) in [5.74, 6) is -1.30. The molecule has 0 atom stereocenters. The maximum atomic E-state index is 11.6. The molecule has 0 aromatic heterocycles. The van der Waals surface area contributed by atoms with Crippen molar-refractivity contribution < 1.29 is 33.6 Å². The molecule has 1 heterocycles. The zero-order valence-electron chi connectivity index (χ0n) is 13.4. The lowest BCUT2D eigenvalue weighted by atomic mass is 10.3. The molecule has 2 rings (SSSR count). The lowest BCUT2D eigenvalue weighted by Gasteiger charge is -2.13. The van der Waals surface area contributed by atoms with Crippen molar-refractivity contribution in [3.63, 3.8) is 0 Å². The van der Waals surface area contributed by atoms with Crippen molar-refractivity contribution in [2.75, 3.05) is 13.7 Å². The van der Waals surface area contributed by atoms with Crippen LogP contribution < -0.4 is 9.47 Å². The first-order chi connectivity index (χ1) is 11.9. The first kappa shape index (κ1) is 18.2. The van der Waals surface area contributed by atoms with Crippen LogP contribution in [0.1, 0.15) is 25.7 Å². The van der Waals surface area contributed by atoms with Crippen LogP contribution in [0.5, 0.6) is 11.5 Å². The van der Waals surface area contributed by atoms with Crippen molar-refractivity contribution in [1.29, 1.82) is 0 Å². The first-order valence-corrected chi connectivity index (χ1v) is 7.44. The molecule has 1 aromatic rings. The Kier molecular flexibility index (Phi) is 5.88. The number of carbonyl (C=O) groups is 3. The molecule has 0 radical (unpaired) electrons. The molecule has 1 aliphatic heterocycles. The summed E-state index contributed by atoms with van der Waals surface area (Å²) in [5, 5.41) is 11.2. The van der Waals surface area contributed by atoms with Crippen molar-refractivity contribution in [2.45, 2.75) is 25.7 Å². The number of rotatable bonds is 8. The zero-order valence-corrected chi connectivity index (χ0v) is 13.4. The van der Waals surface area contributed by atoms with Crippen LogP contribution >= 0.6 is 0 Å². The summed E-state index contributed by atoms with van der Waals surface area (Å²) in [7, 11) is 1.35. The molecule has 1 aliphatic rings. The molecule has 10 nitrogen and oxygen atoms in total. The highest BCUT2D eigenvalue weighted by Crippen LogP contribution is 2.31. The molecule has 1 saturated heterocycles. The van der Waals surface area contributed by atoms with Gasteiger partial charge in [-0.2, -0.15) is 0 Å². The zero-order chi connectivity index (χ0) is 18.4. The van der Waals surface area contributed by atoms with Gasteiger partial charge in [0.15, 0.2) is 11.5 Å². The number of nitro benzene ring substituents is 1. The molecule has 0 N–H and O–H groups in total. The van der Waals surface area contributed by atoms with Gasteiger partial charge >= 0.3 is 5.97 Å². The third kappa shape index (κ3) is 4.66. The molecule has 1 aromatic carbocycles. The Hall–Kier alpha value is -3.17. The van der Waals surface area contributed by atoms with Gasteiger partial charge in [0.05, 0.1) is 31.1 Å². The number of hydrogen-bond donors (Lipinski definition) is 0. The van der Waals surface area contributed by atoms with Gasteiger partial charge in [-0.05, 0) is 12.5 Å². The summed E-state index contributed by atoms with van der Waals surface area (Å²) in [6.45, 7) is 0.116. The summed E-state index contributed by atoms with van der Waals surface area (Å²) in [5.41, 5.74) is -0.132. The van der Waals surface area contributed by atoms with E-state index in [4.69, 9.17) is 14.3 Å². The fourth-order valence-electron chi connectivity index (χ4n) is 2.09. The predicted octanol–water partition coefficient (Wildman–Crippen LogP) is 1.37. The van der Waals surface area contributed by atoms with Gasteiger partial charge in [0.25, 0.3) is 17.5 Å². The standard InChI is InChI=1S/C15H16N2O8/c1-23-12-9-10(17(21)22)4-5-11(12)24-8-2-3-15(20)25-16-13(18)6-7-14(16)19/h4-5,9H,2-3,6-8H2,1H3. The largest absolute Gasteiger partial charge is 0.493 e. The minimum atomic E-state index is -0.720. The van der Waals surface area contributed by atoms with E-state index in [1.807, 2.05) is 0 Å². The number of ether oxygens (including phenoxy) is 2. The normalized spacial score (nSPS) is 13.7. The second kappa shape index (κ2) is 8.08. The molecular formula is C15H16N2O8. The number of hydroxylamine groups is 2. The molecule has 134 valence electrons. The summed E-state index contributed by atoms with van der Waals surface area (Å²) >= 11 is 0. The summed E-state index contributed by atoms with van der Waals surface area (Å²) in [6.07, 6.45) is 0.270. The summed E-state index contributed by atoms with van der Waals surface area (Å²) in [6, 6.07) is 3.90. The molecule has 0 unspecified atom stereocenters. The Bertz CT molecular complexity index is 687. The second-order valence-electron chi connectivity index (χ2n) is 5.09. The van der Waals surface area contributed by atoms with Crippen LogP contribution in [-0.4, -0.2) is 41.5 Å². The van der Waals surface area contributed by atoms with E-state index in [0.717, 1.165) is 0 Å². The quantitative estimate of drug-likeness (QED) is 0.297. The summed E-state index contributed by atoms with van der Waals surface area (Å²) in [4.78, 5) is 49.1. The summed E-state index contributed by atoms with van der Waals surface area (Å²) < 4.78 is 10.4. The number of hydrogen-bond acceptors (Lipinski definition) is 8. The van der Waals surface area contributed by atoms with Gasteiger partial charge in [-0.15, -0.1) is 5.06 Å². The van der Waals surface area contributed by atoms with Crippen molar-refractivity contribution >= 4 is 23.5 Å². The van der Waals surface area contributed by atoms with Crippen LogP contribution in [-0.2, 0) is 19.2 Å². The number of imide groups is 1. The van der Waals surface area contributed by atoms with E-state index in [1.54, 1.807) is 0 Å². The van der Waals surface area contributed by atoms with Crippen molar-refractivity contribution in [3.8, 4) is 11.5 Å². The Morgan fingerprint density at radius 2 is 1.92 bits per heavy atom. The van der Waals surface area contributed by atoms with Crippen LogP contribution in [0.2, 0.25) is 0 Å². The van der Waals surface area contributed by atoms with Crippen LogP contribution in [0.3, 0.4) is 0 Å². The van der Waals surface area contributed by atoms with Crippen molar-refractivity contribution in [3.05, 3.63) is 28.3 Å². The SMILES string of the molecule is COc1cc([N+](=O)[O-])ccc1OCCCC(=O)ON1C(=O)CCC1=O. The maximum absolute atomic E-state index is 11.6. The first-order valence-electron chi connectivity index (χ1n) is 7.44. The molecule has 0 bridgehead atoms. The van der Waals surface area contributed by atoms with Gasteiger partial charge in [0.1, 0.15) is 0 Å². The predicted molar refractivity (Wildman–Crippen MR) is 81.6 cm³/mol. The average molecular weight is 352 g/mol. The minimum Gasteiger partial charge on any atom is -0.493 e. The van der Waals surface area contributed by atoms with E-state index in [2.05, 4.69) is 0 Å². The molecular weight excluding hydrogens is 336 g/mol. The molecule has 25 heavy (non-hydrogen) atoms. The number of non-ortho nitro benzene ring substituents is 1. The average Bonchev–Trinajstić information content (AvgIpc) is 2.90. The monoisotopic (exact) mass is 352 g/mol. The third-order valence-corrected chi connectivity index (χ3v) is 3.34. The highest BCUT2D eigenvalue weighted by atomic mass is 16.7.